The van der Waals surface area contributed by atoms with E-state index < -0.39 is 15.9 Å². The number of carbonyl (C=O) groups is 2. The molecule has 2 amide bonds. The number of benzene rings is 2. The SMILES string of the molecule is O=C1CCCc2cc(S(=O)(=O)N3CCC[C@@H](C(=O)NCc4ccccc4Cl)C3)ccc2N1. The van der Waals surface area contributed by atoms with Crippen molar-refractivity contribution in [1.82, 2.24) is 9.62 Å². The zero-order valence-corrected chi connectivity index (χ0v) is 19.2. The summed E-state index contributed by atoms with van der Waals surface area (Å²) in [5.41, 5.74) is 2.31. The maximum Gasteiger partial charge on any atom is 0.243 e. The van der Waals surface area contributed by atoms with Crippen LogP contribution in [0.1, 0.15) is 36.8 Å². The monoisotopic (exact) mass is 475 g/mol. The Morgan fingerprint density at radius 2 is 1.97 bits per heavy atom. The fraction of sp³-hybridized carbons (Fsp3) is 0.391. The molecule has 9 heteroatoms. The van der Waals surface area contributed by atoms with Gasteiger partial charge in [-0.25, -0.2) is 8.42 Å². The molecule has 32 heavy (non-hydrogen) atoms. The van der Waals surface area contributed by atoms with Crippen LogP contribution >= 0.6 is 11.6 Å². The number of carbonyl (C=O) groups excluding carboxylic acids is 2. The van der Waals surface area contributed by atoms with Crippen LogP contribution in [-0.2, 0) is 32.6 Å². The summed E-state index contributed by atoms with van der Waals surface area (Å²) >= 11 is 6.15. The third kappa shape index (κ3) is 4.98. The molecule has 0 unspecified atom stereocenters. The third-order valence-electron chi connectivity index (χ3n) is 6.00. The smallest absolute Gasteiger partial charge is 0.243 e. The van der Waals surface area contributed by atoms with Gasteiger partial charge in [0.2, 0.25) is 21.8 Å². The summed E-state index contributed by atoms with van der Waals surface area (Å²) in [5, 5.41) is 6.30. The summed E-state index contributed by atoms with van der Waals surface area (Å²) in [7, 11) is -3.74. The van der Waals surface area contributed by atoms with Gasteiger partial charge in [0.05, 0.1) is 10.8 Å². The second-order valence-electron chi connectivity index (χ2n) is 8.23. The number of rotatable bonds is 5. The van der Waals surface area contributed by atoms with Crippen molar-refractivity contribution in [3.05, 3.63) is 58.6 Å². The Morgan fingerprint density at radius 3 is 2.78 bits per heavy atom. The fourth-order valence-corrected chi connectivity index (χ4v) is 5.98. The first-order valence-corrected chi connectivity index (χ1v) is 12.6. The number of amides is 2. The first-order valence-electron chi connectivity index (χ1n) is 10.8. The molecule has 1 fully saturated rings. The maximum atomic E-state index is 13.3. The van der Waals surface area contributed by atoms with E-state index in [1.54, 1.807) is 18.2 Å². The molecule has 0 radical (unpaired) electrons. The summed E-state index contributed by atoms with van der Waals surface area (Å²) in [6.07, 6.45) is 3.00. The van der Waals surface area contributed by atoms with Crippen molar-refractivity contribution in [3.8, 4) is 0 Å². The van der Waals surface area contributed by atoms with E-state index in [-0.39, 0.29) is 23.3 Å². The Labute approximate surface area is 193 Å². The second kappa shape index (κ2) is 9.60. The number of aryl methyl sites for hydroxylation is 1. The minimum absolute atomic E-state index is 0.0546. The number of nitrogens with one attached hydrogen (secondary N) is 2. The molecule has 4 rings (SSSR count). The molecule has 0 aromatic heterocycles. The average Bonchev–Trinajstić information content (AvgIpc) is 2.98. The van der Waals surface area contributed by atoms with Crippen molar-refractivity contribution in [2.45, 2.75) is 43.5 Å². The molecule has 170 valence electrons. The van der Waals surface area contributed by atoms with Gasteiger partial charge in [0, 0.05) is 36.8 Å². The van der Waals surface area contributed by atoms with Crippen molar-refractivity contribution in [3.63, 3.8) is 0 Å². The lowest BCUT2D eigenvalue weighted by molar-refractivity contribution is -0.126. The van der Waals surface area contributed by atoms with Crippen LogP contribution in [-0.4, -0.2) is 37.6 Å². The van der Waals surface area contributed by atoms with Gasteiger partial charge >= 0.3 is 0 Å². The number of anilines is 1. The summed E-state index contributed by atoms with van der Waals surface area (Å²) in [5.74, 6) is -0.642. The van der Waals surface area contributed by atoms with Crippen LogP contribution in [0.5, 0.6) is 0 Å². The first kappa shape index (κ1) is 22.8. The Hall–Kier alpha value is -2.42. The minimum atomic E-state index is -3.74. The van der Waals surface area contributed by atoms with Crippen LogP contribution in [0, 0.1) is 5.92 Å². The Morgan fingerprint density at radius 1 is 1.16 bits per heavy atom. The van der Waals surface area contributed by atoms with E-state index in [1.807, 2.05) is 18.2 Å². The van der Waals surface area contributed by atoms with Gasteiger partial charge in [0.15, 0.2) is 0 Å². The summed E-state index contributed by atoms with van der Waals surface area (Å²) < 4.78 is 28.0. The molecule has 0 spiro atoms. The first-order chi connectivity index (χ1) is 15.3. The molecule has 0 saturated carbocycles. The number of hydrogen-bond donors (Lipinski definition) is 2. The fourth-order valence-electron chi connectivity index (χ4n) is 4.20. The number of fused-ring (bicyclic) bond motifs is 1. The lowest BCUT2D eigenvalue weighted by Crippen LogP contribution is -2.45. The quantitative estimate of drug-likeness (QED) is 0.693. The van der Waals surface area contributed by atoms with Gasteiger partial charge in [-0.1, -0.05) is 29.8 Å². The molecular formula is C23H26ClN3O4S. The zero-order chi connectivity index (χ0) is 22.7. The Kier molecular flexibility index (Phi) is 6.83. The largest absolute Gasteiger partial charge is 0.352 e. The van der Waals surface area contributed by atoms with Gasteiger partial charge in [-0.15, -0.1) is 0 Å². The normalized spacial score (nSPS) is 19.5. The number of hydrogen-bond acceptors (Lipinski definition) is 4. The molecule has 2 aliphatic rings. The molecule has 1 saturated heterocycles. The summed E-state index contributed by atoms with van der Waals surface area (Å²) in [4.78, 5) is 24.7. The standard InChI is InChI=1S/C23H26ClN3O4S/c24-20-8-2-1-5-17(20)14-25-23(29)18-7-4-12-27(15-18)32(30,31)19-10-11-21-16(13-19)6-3-9-22(28)26-21/h1-2,5,8,10-11,13,18H,3-4,6-7,9,12,14-15H2,(H,25,29)(H,26,28)/t18-/m1/s1. The van der Waals surface area contributed by atoms with Crippen molar-refractivity contribution in [1.29, 1.82) is 0 Å². The van der Waals surface area contributed by atoms with Crippen molar-refractivity contribution >= 4 is 39.1 Å². The Bertz CT molecular complexity index is 1140. The molecule has 2 heterocycles. The van der Waals surface area contributed by atoms with Gasteiger partial charge in [0.25, 0.3) is 0 Å². The summed E-state index contributed by atoms with van der Waals surface area (Å²) in [6, 6.07) is 12.1. The highest BCUT2D eigenvalue weighted by molar-refractivity contribution is 7.89. The predicted octanol–water partition coefficient (Wildman–Crippen LogP) is 3.33. The number of halogens is 1. The average molecular weight is 476 g/mol. The highest BCUT2D eigenvalue weighted by Crippen LogP contribution is 2.29. The van der Waals surface area contributed by atoms with Crippen LogP contribution in [0.15, 0.2) is 47.4 Å². The van der Waals surface area contributed by atoms with Crippen LogP contribution in [0.25, 0.3) is 0 Å². The van der Waals surface area contributed by atoms with Gasteiger partial charge in [0.1, 0.15) is 0 Å². The van der Waals surface area contributed by atoms with Crippen molar-refractivity contribution in [2.24, 2.45) is 5.92 Å². The van der Waals surface area contributed by atoms with Crippen LogP contribution in [0.4, 0.5) is 5.69 Å². The van der Waals surface area contributed by atoms with E-state index in [2.05, 4.69) is 10.6 Å². The van der Waals surface area contributed by atoms with Crippen molar-refractivity contribution < 1.29 is 18.0 Å². The number of sulfonamides is 1. The molecule has 0 bridgehead atoms. The lowest BCUT2D eigenvalue weighted by Gasteiger charge is -2.31. The van der Waals surface area contributed by atoms with E-state index in [0.717, 1.165) is 11.1 Å². The lowest BCUT2D eigenvalue weighted by atomic mass is 9.99. The molecule has 2 aliphatic heterocycles. The molecule has 7 nitrogen and oxygen atoms in total. The topological polar surface area (TPSA) is 95.6 Å². The van der Waals surface area contributed by atoms with E-state index in [1.165, 1.54) is 10.4 Å². The Balaban J connectivity index is 1.45. The highest BCUT2D eigenvalue weighted by atomic mass is 35.5. The van der Waals surface area contributed by atoms with Crippen molar-refractivity contribution in [2.75, 3.05) is 18.4 Å². The maximum absolute atomic E-state index is 13.3. The summed E-state index contributed by atoms with van der Waals surface area (Å²) in [6.45, 7) is 0.827. The molecule has 2 aromatic carbocycles. The predicted molar refractivity (Wildman–Crippen MR) is 123 cm³/mol. The van der Waals surface area contributed by atoms with E-state index in [9.17, 15) is 18.0 Å². The van der Waals surface area contributed by atoms with Crippen LogP contribution < -0.4 is 10.6 Å². The zero-order valence-electron chi connectivity index (χ0n) is 17.6. The van der Waals surface area contributed by atoms with Crippen LogP contribution in [0.3, 0.4) is 0 Å². The minimum Gasteiger partial charge on any atom is -0.352 e. The molecule has 0 aliphatic carbocycles. The molecular weight excluding hydrogens is 450 g/mol. The van der Waals surface area contributed by atoms with E-state index in [0.29, 0.717) is 55.9 Å². The molecule has 1 atom stereocenters. The third-order valence-corrected chi connectivity index (χ3v) is 8.23. The van der Waals surface area contributed by atoms with Gasteiger partial charge in [-0.2, -0.15) is 4.31 Å². The molecule has 2 N–H and O–H groups in total. The van der Waals surface area contributed by atoms with Gasteiger partial charge in [-0.05, 0) is 61.1 Å². The number of nitrogens with zero attached hydrogens (tertiary/aromatic N) is 1. The highest BCUT2D eigenvalue weighted by Gasteiger charge is 2.33. The van der Waals surface area contributed by atoms with Gasteiger partial charge < -0.3 is 10.6 Å². The number of piperidine rings is 1. The molecule has 2 aromatic rings. The second-order valence-corrected chi connectivity index (χ2v) is 10.6. The van der Waals surface area contributed by atoms with Gasteiger partial charge in [-0.3, -0.25) is 9.59 Å². The van der Waals surface area contributed by atoms with E-state index in [4.69, 9.17) is 11.6 Å². The van der Waals surface area contributed by atoms with E-state index >= 15 is 0 Å². The van der Waals surface area contributed by atoms with Crippen LogP contribution in [0.2, 0.25) is 5.02 Å².